The molecule has 0 atom stereocenters. The Morgan fingerprint density at radius 1 is 1.17 bits per heavy atom. The summed E-state index contributed by atoms with van der Waals surface area (Å²) in [6.45, 7) is -0.322. The summed E-state index contributed by atoms with van der Waals surface area (Å²) in [5, 5.41) is 2.45. The van der Waals surface area contributed by atoms with E-state index in [2.05, 4.69) is 26.0 Å². The van der Waals surface area contributed by atoms with Gasteiger partial charge < -0.3 is 19.5 Å². The molecule has 0 radical (unpaired) electrons. The molecule has 30 heavy (non-hydrogen) atoms. The Morgan fingerprint density at radius 3 is 2.53 bits per heavy atom. The Morgan fingerprint density at radius 2 is 1.90 bits per heavy atom. The Labute approximate surface area is 177 Å². The van der Waals surface area contributed by atoms with Crippen molar-refractivity contribution in [3.63, 3.8) is 0 Å². The van der Waals surface area contributed by atoms with Gasteiger partial charge in [-0.05, 0) is 35.9 Å². The van der Waals surface area contributed by atoms with Crippen LogP contribution in [-0.2, 0) is 20.5 Å². The van der Waals surface area contributed by atoms with Gasteiger partial charge in [0.15, 0.2) is 18.1 Å². The number of esters is 1. The van der Waals surface area contributed by atoms with Crippen molar-refractivity contribution in [2.45, 2.75) is 6.18 Å². The Bertz CT molecular complexity index is 1050. The number of nitrogens with one attached hydrogen (secondary N) is 1. The lowest BCUT2D eigenvalue weighted by Gasteiger charge is -2.12. The van der Waals surface area contributed by atoms with Crippen LogP contribution in [0.4, 0.5) is 18.9 Å². The normalized spacial score (nSPS) is 14.3. The van der Waals surface area contributed by atoms with Crippen molar-refractivity contribution < 1.29 is 37.0 Å². The highest BCUT2D eigenvalue weighted by molar-refractivity contribution is 9.10. The van der Waals surface area contributed by atoms with Crippen LogP contribution >= 0.6 is 15.9 Å². The van der Waals surface area contributed by atoms with Crippen molar-refractivity contribution in [3.05, 3.63) is 51.5 Å². The molecule has 0 aliphatic carbocycles. The number of anilines is 1. The lowest BCUT2D eigenvalue weighted by atomic mass is 10.0. The molecule has 2 aromatic carbocycles. The predicted molar refractivity (Wildman–Crippen MR) is 106 cm³/mol. The van der Waals surface area contributed by atoms with Crippen LogP contribution in [0.3, 0.4) is 0 Å². The number of alkyl halides is 3. The summed E-state index contributed by atoms with van der Waals surface area (Å²) in [5.41, 5.74) is 0.310. The molecule has 0 fully saturated rings. The molecule has 1 aliphatic rings. The van der Waals surface area contributed by atoms with Gasteiger partial charge in [0, 0.05) is 21.3 Å². The third kappa shape index (κ3) is 4.43. The number of hydrogen-bond donors (Lipinski definition) is 1. The van der Waals surface area contributed by atoms with E-state index >= 15 is 0 Å². The molecule has 1 heterocycles. The molecule has 0 spiro atoms. The zero-order valence-corrected chi connectivity index (χ0v) is 17.3. The van der Waals surface area contributed by atoms with Crippen LogP contribution in [0.5, 0.6) is 11.5 Å². The molecular formula is C20H15BrF3NO5. The standard InChI is InChI=1S/C20H15BrF3NO5/c1-28-16-6-10(14(21)8-17(16)30-9-18(26)29-2)5-13-12-4-3-11(20(22,23)24)7-15(12)25-19(13)27/h3-8H,9H2,1-2H3,(H,25,27)/b13-5-. The zero-order valence-electron chi connectivity index (χ0n) is 15.7. The first-order valence-electron chi connectivity index (χ1n) is 8.46. The summed E-state index contributed by atoms with van der Waals surface area (Å²) in [7, 11) is 2.64. The minimum atomic E-state index is -4.51. The van der Waals surface area contributed by atoms with E-state index in [0.29, 0.717) is 21.3 Å². The molecule has 0 bridgehead atoms. The molecule has 1 N–H and O–H groups in total. The van der Waals surface area contributed by atoms with E-state index in [1.807, 2.05) is 0 Å². The van der Waals surface area contributed by atoms with E-state index in [1.54, 1.807) is 12.1 Å². The fourth-order valence-electron chi connectivity index (χ4n) is 2.80. The molecule has 0 unspecified atom stereocenters. The quantitative estimate of drug-likeness (QED) is 0.497. The third-order valence-corrected chi connectivity index (χ3v) is 4.97. The number of hydrogen-bond acceptors (Lipinski definition) is 5. The van der Waals surface area contributed by atoms with Gasteiger partial charge in [0.1, 0.15) is 0 Å². The van der Waals surface area contributed by atoms with Crippen LogP contribution in [0.25, 0.3) is 11.6 Å². The fraction of sp³-hybridized carbons (Fsp3) is 0.200. The number of benzene rings is 2. The molecule has 10 heteroatoms. The van der Waals surface area contributed by atoms with Gasteiger partial charge in [-0.3, -0.25) is 4.79 Å². The monoisotopic (exact) mass is 485 g/mol. The minimum Gasteiger partial charge on any atom is -0.493 e. The highest BCUT2D eigenvalue weighted by Crippen LogP contribution is 2.40. The van der Waals surface area contributed by atoms with E-state index in [4.69, 9.17) is 9.47 Å². The Kier molecular flexibility index (Phi) is 6.06. The average molecular weight is 486 g/mol. The molecule has 1 aliphatic heterocycles. The third-order valence-electron chi connectivity index (χ3n) is 4.29. The van der Waals surface area contributed by atoms with E-state index in [1.165, 1.54) is 26.4 Å². The number of rotatable bonds is 5. The molecule has 6 nitrogen and oxygen atoms in total. The number of carbonyl (C=O) groups excluding carboxylic acids is 2. The van der Waals surface area contributed by atoms with Gasteiger partial charge in [-0.1, -0.05) is 22.0 Å². The maximum atomic E-state index is 12.9. The predicted octanol–water partition coefficient (Wildman–Crippen LogP) is 4.52. The first-order chi connectivity index (χ1) is 14.1. The van der Waals surface area contributed by atoms with Gasteiger partial charge in [-0.15, -0.1) is 0 Å². The molecule has 0 saturated carbocycles. The molecule has 2 aromatic rings. The fourth-order valence-corrected chi connectivity index (χ4v) is 3.24. The lowest BCUT2D eigenvalue weighted by Crippen LogP contribution is -2.13. The Hall–Kier alpha value is -3.01. The summed E-state index contributed by atoms with van der Waals surface area (Å²) < 4.78 is 54.4. The number of fused-ring (bicyclic) bond motifs is 1. The number of methoxy groups -OCH3 is 2. The summed E-state index contributed by atoms with van der Waals surface area (Å²) in [6, 6.07) is 6.19. The van der Waals surface area contributed by atoms with Crippen LogP contribution in [0.2, 0.25) is 0 Å². The zero-order chi connectivity index (χ0) is 22.1. The van der Waals surface area contributed by atoms with Crippen LogP contribution < -0.4 is 14.8 Å². The van der Waals surface area contributed by atoms with Crippen molar-refractivity contribution in [2.75, 3.05) is 26.1 Å². The first-order valence-corrected chi connectivity index (χ1v) is 9.25. The number of amides is 1. The van der Waals surface area contributed by atoms with Gasteiger partial charge in [0.25, 0.3) is 5.91 Å². The Balaban J connectivity index is 1.97. The van der Waals surface area contributed by atoms with E-state index < -0.39 is 23.6 Å². The second kappa shape index (κ2) is 8.39. The van der Waals surface area contributed by atoms with Crippen molar-refractivity contribution in [1.29, 1.82) is 0 Å². The van der Waals surface area contributed by atoms with E-state index in [9.17, 15) is 22.8 Å². The summed E-state index contributed by atoms with van der Waals surface area (Å²) in [6.07, 6.45) is -2.99. The topological polar surface area (TPSA) is 73.9 Å². The largest absolute Gasteiger partial charge is 0.493 e. The van der Waals surface area contributed by atoms with Gasteiger partial charge in [-0.25, -0.2) is 4.79 Å². The summed E-state index contributed by atoms with van der Waals surface area (Å²) in [4.78, 5) is 23.6. The molecule has 3 rings (SSSR count). The van der Waals surface area contributed by atoms with Crippen LogP contribution in [0.1, 0.15) is 16.7 Å². The van der Waals surface area contributed by atoms with Crippen molar-refractivity contribution in [3.8, 4) is 11.5 Å². The molecule has 158 valence electrons. The van der Waals surface area contributed by atoms with Crippen molar-refractivity contribution in [1.82, 2.24) is 0 Å². The number of halogens is 4. The highest BCUT2D eigenvalue weighted by atomic mass is 79.9. The van der Waals surface area contributed by atoms with Crippen LogP contribution in [0.15, 0.2) is 34.8 Å². The number of ether oxygens (including phenoxy) is 3. The molecular weight excluding hydrogens is 471 g/mol. The van der Waals surface area contributed by atoms with Crippen LogP contribution in [-0.4, -0.2) is 32.7 Å². The van der Waals surface area contributed by atoms with Gasteiger partial charge in [0.2, 0.25) is 0 Å². The highest BCUT2D eigenvalue weighted by Gasteiger charge is 2.33. The van der Waals surface area contributed by atoms with E-state index in [0.717, 1.165) is 12.1 Å². The maximum Gasteiger partial charge on any atom is 0.416 e. The SMILES string of the molecule is COC(=O)COc1cc(Br)c(/C=C2\C(=O)Nc3cc(C(F)(F)F)ccc32)cc1OC. The molecule has 0 aromatic heterocycles. The summed E-state index contributed by atoms with van der Waals surface area (Å²) >= 11 is 3.36. The van der Waals surface area contributed by atoms with Gasteiger partial charge >= 0.3 is 12.1 Å². The van der Waals surface area contributed by atoms with Crippen LogP contribution in [0, 0.1) is 0 Å². The average Bonchev–Trinajstić information content (AvgIpc) is 3.01. The maximum absolute atomic E-state index is 12.9. The smallest absolute Gasteiger partial charge is 0.416 e. The van der Waals surface area contributed by atoms with Gasteiger partial charge in [-0.2, -0.15) is 13.2 Å². The second-order valence-corrected chi connectivity index (χ2v) is 7.01. The van der Waals surface area contributed by atoms with Gasteiger partial charge in [0.05, 0.1) is 19.8 Å². The van der Waals surface area contributed by atoms with Crippen molar-refractivity contribution >= 4 is 45.1 Å². The minimum absolute atomic E-state index is 0.0854. The second-order valence-electron chi connectivity index (χ2n) is 6.16. The summed E-state index contributed by atoms with van der Waals surface area (Å²) in [5.74, 6) is -0.541. The number of carbonyl (C=O) groups is 2. The lowest BCUT2D eigenvalue weighted by molar-refractivity contribution is -0.143. The molecule has 1 amide bonds. The van der Waals surface area contributed by atoms with Crippen molar-refractivity contribution in [2.24, 2.45) is 0 Å². The first kappa shape index (κ1) is 21.7. The van der Waals surface area contributed by atoms with E-state index in [-0.39, 0.29) is 23.6 Å². The molecule has 0 saturated heterocycles.